The Hall–Kier alpha value is -2.81. The van der Waals surface area contributed by atoms with Crippen molar-refractivity contribution in [2.45, 2.75) is 23.9 Å². The van der Waals surface area contributed by atoms with Gasteiger partial charge in [0, 0.05) is 14.1 Å². The van der Waals surface area contributed by atoms with E-state index in [4.69, 9.17) is 4.74 Å². The number of imidazole rings is 1. The van der Waals surface area contributed by atoms with Gasteiger partial charge in [-0.3, -0.25) is 18.7 Å². The molecule has 0 unspecified atom stereocenters. The lowest BCUT2D eigenvalue weighted by molar-refractivity contribution is -0.139. The fourth-order valence-electron chi connectivity index (χ4n) is 2.80. The van der Waals surface area contributed by atoms with Crippen LogP contribution in [0.3, 0.4) is 0 Å². The number of fused-ring (bicyclic) bond motifs is 1. The first-order valence-corrected chi connectivity index (χ1v) is 9.17. The second kappa shape index (κ2) is 7.43. The smallest absolute Gasteiger partial charge is 0.332 e. The number of aryl methyl sites for hydroxylation is 1. The number of thioether (sulfide) groups is 1. The molecule has 0 saturated carbocycles. The third kappa shape index (κ3) is 3.42. The Balaban J connectivity index is 2.24. The van der Waals surface area contributed by atoms with E-state index in [2.05, 4.69) is 4.98 Å². The molecule has 0 spiro atoms. The molecule has 3 aromatic rings. The zero-order valence-electron chi connectivity index (χ0n) is 15.5. The van der Waals surface area contributed by atoms with Crippen LogP contribution in [-0.4, -0.2) is 37.0 Å². The summed E-state index contributed by atoms with van der Waals surface area (Å²) in [5, 5.41) is -0.0349. The van der Waals surface area contributed by atoms with Crippen LogP contribution in [0.15, 0.2) is 45.1 Å². The van der Waals surface area contributed by atoms with Crippen molar-refractivity contribution in [1.29, 1.82) is 0 Å². The maximum atomic E-state index is 12.8. The van der Waals surface area contributed by atoms with Crippen molar-refractivity contribution in [3.63, 3.8) is 0 Å². The minimum atomic E-state index is -0.512. The second-order valence-electron chi connectivity index (χ2n) is 6.13. The van der Waals surface area contributed by atoms with Gasteiger partial charge in [-0.1, -0.05) is 42.1 Å². The van der Waals surface area contributed by atoms with Crippen molar-refractivity contribution in [2.75, 3.05) is 7.11 Å². The van der Waals surface area contributed by atoms with Gasteiger partial charge in [0.15, 0.2) is 16.3 Å². The van der Waals surface area contributed by atoms with E-state index in [1.807, 2.05) is 30.3 Å². The Bertz CT molecular complexity index is 1110. The highest BCUT2D eigenvalue weighted by Crippen LogP contribution is 2.27. The van der Waals surface area contributed by atoms with Crippen molar-refractivity contribution in [1.82, 2.24) is 18.7 Å². The zero-order valence-corrected chi connectivity index (χ0v) is 16.3. The zero-order chi connectivity index (χ0) is 19.7. The van der Waals surface area contributed by atoms with Crippen molar-refractivity contribution in [3.8, 4) is 0 Å². The van der Waals surface area contributed by atoms with Crippen LogP contribution in [0.5, 0.6) is 0 Å². The minimum absolute atomic E-state index is 0.290. The van der Waals surface area contributed by atoms with Crippen LogP contribution in [0, 0.1) is 0 Å². The number of carbonyl (C=O) groups is 1. The van der Waals surface area contributed by atoms with E-state index in [1.165, 1.54) is 30.5 Å². The van der Waals surface area contributed by atoms with Crippen molar-refractivity contribution < 1.29 is 9.53 Å². The van der Waals surface area contributed by atoms with E-state index in [0.29, 0.717) is 22.9 Å². The summed E-state index contributed by atoms with van der Waals surface area (Å²) < 4.78 is 8.93. The molecule has 8 nitrogen and oxygen atoms in total. The van der Waals surface area contributed by atoms with Gasteiger partial charge in [-0.25, -0.2) is 9.78 Å². The number of aromatic nitrogens is 4. The fraction of sp³-hybridized carbons (Fsp3) is 0.333. The van der Waals surface area contributed by atoms with Crippen LogP contribution in [-0.2, 0) is 30.2 Å². The molecule has 0 bridgehead atoms. The average molecular weight is 388 g/mol. The molecule has 2 aromatic heterocycles. The Labute approximate surface area is 159 Å². The summed E-state index contributed by atoms with van der Waals surface area (Å²) in [6.45, 7) is 2.10. The molecular formula is C18H20N4O4S. The third-order valence-corrected chi connectivity index (χ3v) is 5.38. The third-order valence-electron chi connectivity index (χ3n) is 4.31. The van der Waals surface area contributed by atoms with E-state index in [1.54, 1.807) is 18.5 Å². The molecule has 0 N–H and O–H groups in total. The molecule has 3 rings (SSSR count). The predicted molar refractivity (Wildman–Crippen MR) is 103 cm³/mol. The lowest BCUT2D eigenvalue weighted by atomic mass is 10.2. The van der Waals surface area contributed by atoms with Gasteiger partial charge in [0.1, 0.15) is 5.25 Å². The number of carbonyl (C=O) groups excluding carboxylic acids is 1. The molecule has 2 heterocycles. The molecular weight excluding hydrogens is 368 g/mol. The normalized spacial score (nSPS) is 12.3. The standard InChI is InChI=1S/C18H20N4O4S/c1-11(16(24)26-4)27-17-19-14-13(15(23)21(3)18(25)20(14)2)22(17)10-12-8-6-5-7-9-12/h5-9,11H,10H2,1-4H3/t11-/m1/s1. The van der Waals surface area contributed by atoms with E-state index < -0.39 is 16.5 Å². The molecule has 142 valence electrons. The lowest BCUT2D eigenvalue weighted by Crippen LogP contribution is -2.37. The van der Waals surface area contributed by atoms with Crippen LogP contribution in [0.25, 0.3) is 11.2 Å². The second-order valence-corrected chi connectivity index (χ2v) is 7.44. The van der Waals surface area contributed by atoms with E-state index in [9.17, 15) is 14.4 Å². The van der Waals surface area contributed by atoms with Gasteiger partial charge in [0.25, 0.3) is 5.56 Å². The van der Waals surface area contributed by atoms with Crippen molar-refractivity contribution in [3.05, 3.63) is 56.7 Å². The highest BCUT2D eigenvalue weighted by molar-refractivity contribution is 8.00. The largest absolute Gasteiger partial charge is 0.468 e. The Morgan fingerprint density at radius 1 is 1.19 bits per heavy atom. The van der Waals surface area contributed by atoms with Crippen molar-refractivity contribution in [2.24, 2.45) is 14.1 Å². The Kier molecular flexibility index (Phi) is 5.22. The highest BCUT2D eigenvalue weighted by Gasteiger charge is 2.23. The first-order valence-electron chi connectivity index (χ1n) is 8.29. The summed E-state index contributed by atoms with van der Waals surface area (Å²) in [6, 6.07) is 9.61. The van der Waals surface area contributed by atoms with Gasteiger partial charge in [0.05, 0.1) is 13.7 Å². The number of ether oxygens (including phenoxy) is 1. The van der Waals surface area contributed by atoms with Crippen LogP contribution in [0.1, 0.15) is 12.5 Å². The first-order chi connectivity index (χ1) is 12.8. The number of hydrogen-bond acceptors (Lipinski definition) is 6. The van der Waals surface area contributed by atoms with Gasteiger partial charge in [-0.15, -0.1) is 0 Å². The average Bonchev–Trinajstić information content (AvgIpc) is 3.02. The molecule has 27 heavy (non-hydrogen) atoms. The van der Waals surface area contributed by atoms with Crippen LogP contribution in [0.2, 0.25) is 0 Å². The summed E-state index contributed by atoms with van der Waals surface area (Å²) in [6.07, 6.45) is 0. The molecule has 0 amide bonds. The molecule has 1 atom stereocenters. The predicted octanol–water partition coefficient (Wildman–Crippen LogP) is 1.14. The van der Waals surface area contributed by atoms with Crippen molar-refractivity contribution >= 4 is 28.9 Å². The quantitative estimate of drug-likeness (QED) is 0.481. The molecule has 0 aliphatic heterocycles. The Morgan fingerprint density at radius 3 is 2.48 bits per heavy atom. The maximum Gasteiger partial charge on any atom is 0.332 e. The SMILES string of the molecule is COC(=O)[C@@H](C)Sc1nc2c(c(=O)n(C)c(=O)n2C)n1Cc1ccccc1. The molecule has 9 heteroatoms. The number of benzene rings is 1. The molecule has 0 aliphatic rings. The maximum absolute atomic E-state index is 12.8. The minimum Gasteiger partial charge on any atom is -0.468 e. The molecule has 0 aliphatic carbocycles. The van der Waals surface area contributed by atoms with Crippen LogP contribution >= 0.6 is 11.8 Å². The fourth-order valence-corrected chi connectivity index (χ4v) is 3.73. The highest BCUT2D eigenvalue weighted by atomic mass is 32.2. The molecule has 0 saturated heterocycles. The van der Waals surface area contributed by atoms with Gasteiger partial charge >= 0.3 is 11.7 Å². The van der Waals surface area contributed by atoms with Gasteiger partial charge in [-0.05, 0) is 12.5 Å². The summed E-state index contributed by atoms with van der Waals surface area (Å²) in [7, 11) is 4.34. The number of hydrogen-bond donors (Lipinski definition) is 0. The first kappa shape index (κ1) is 19.0. The van der Waals surface area contributed by atoms with E-state index in [0.717, 1.165) is 10.1 Å². The monoisotopic (exact) mass is 388 g/mol. The van der Waals surface area contributed by atoms with Gasteiger partial charge < -0.3 is 9.30 Å². The van der Waals surface area contributed by atoms with E-state index >= 15 is 0 Å². The number of nitrogens with zero attached hydrogens (tertiary/aromatic N) is 4. The van der Waals surface area contributed by atoms with Crippen LogP contribution in [0.4, 0.5) is 0 Å². The van der Waals surface area contributed by atoms with Crippen LogP contribution < -0.4 is 11.2 Å². The summed E-state index contributed by atoms with van der Waals surface area (Å²) in [5.74, 6) is -0.389. The summed E-state index contributed by atoms with van der Waals surface area (Å²) in [4.78, 5) is 41.4. The van der Waals surface area contributed by atoms with E-state index in [-0.39, 0.29) is 5.97 Å². The van der Waals surface area contributed by atoms with Gasteiger partial charge in [0.2, 0.25) is 0 Å². The topological polar surface area (TPSA) is 88.1 Å². The summed E-state index contributed by atoms with van der Waals surface area (Å²) >= 11 is 1.19. The lowest BCUT2D eigenvalue weighted by Gasteiger charge is -2.12. The number of methoxy groups -OCH3 is 1. The molecule has 1 aromatic carbocycles. The van der Waals surface area contributed by atoms with Gasteiger partial charge in [-0.2, -0.15) is 0 Å². The Morgan fingerprint density at radius 2 is 1.85 bits per heavy atom. The number of esters is 1. The number of rotatable bonds is 5. The molecule has 0 fully saturated rings. The summed E-state index contributed by atoms with van der Waals surface area (Å²) in [5.41, 5.74) is 0.713. The molecule has 0 radical (unpaired) electrons.